The topological polar surface area (TPSA) is 132 Å². The SMILES string of the molecule is CN(C)c1ccc(N=Nc2ccc(N3C(=O)[C@H]4[C@H](CC=C5[C@H](C6=COc7ccc(O)cc7C6)[C@]6(Cl)C(=O)N(c7ccc(F)cc7)C(=O)[C@]6(Cl)C[C@H]54)C3=O)cc2)cc1. The van der Waals surface area contributed by atoms with Crippen LogP contribution in [0.2, 0.25) is 0 Å². The molecule has 0 bridgehead atoms. The third-order valence-electron chi connectivity index (χ3n) is 11.8. The molecule has 3 fully saturated rings. The Morgan fingerprint density at radius 2 is 1.44 bits per heavy atom. The molecule has 9 rings (SSSR count). The van der Waals surface area contributed by atoms with Crippen molar-refractivity contribution in [1.29, 1.82) is 0 Å². The lowest BCUT2D eigenvalue weighted by Gasteiger charge is -2.51. The maximum Gasteiger partial charge on any atom is 0.258 e. The summed E-state index contributed by atoms with van der Waals surface area (Å²) >= 11 is 15.0. The monoisotopic (exact) mass is 805 g/mol. The third kappa shape index (κ3) is 5.60. The van der Waals surface area contributed by atoms with Crippen LogP contribution in [0.3, 0.4) is 0 Å². The molecule has 6 atom stereocenters. The van der Waals surface area contributed by atoms with Crippen molar-refractivity contribution >= 4 is 75.3 Å². The van der Waals surface area contributed by atoms with E-state index in [9.17, 15) is 28.7 Å². The van der Waals surface area contributed by atoms with E-state index >= 15 is 0 Å². The van der Waals surface area contributed by atoms with Gasteiger partial charge in [0.25, 0.3) is 11.8 Å². The van der Waals surface area contributed by atoms with Crippen LogP contribution >= 0.6 is 23.2 Å². The molecule has 14 heteroatoms. The summed E-state index contributed by atoms with van der Waals surface area (Å²) in [5.74, 6) is -6.09. The minimum Gasteiger partial charge on any atom is -0.508 e. The summed E-state index contributed by atoms with van der Waals surface area (Å²) in [6.45, 7) is 0. The summed E-state index contributed by atoms with van der Waals surface area (Å²) < 4.78 is 20.0. The van der Waals surface area contributed by atoms with Crippen molar-refractivity contribution in [2.45, 2.75) is 29.0 Å². The number of halogens is 3. The van der Waals surface area contributed by atoms with E-state index < -0.39 is 62.9 Å². The summed E-state index contributed by atoms with van der Waals surface area (Å²) in [7, 11) is 3.90. The first-order valence-corrected chi connectivity index (χ1v) is 19.1. The molecule has 0 aromatic heterocycles. The minimum absolute atomic E-state index is 0.00267. The highest BCUT2D eigenvalue weighted by molar-refractivity contribution is 6.58. The van der Waals surface area contributed by atoms with E-state index in [-0.39, 0.29) is 30.7 Å². The Bertz CT molecular complexity index is 2470. The lowest BCUT2D eigenvalue weighted by molar-refractivity contribution is -0.125. The number of phenols is 1. The number of benzene rings is 4. The van der Waals surface area contributed by atoms with Crippen molar-refractivity contribution in [2.24, 2.45) is 33.9 Å². The molecule has 11 nitrogen and oxygen atoms in total. The molecule has 2 saturated heterocycles. The summed E-state index contributed by atoms with van der Waals surface area (Å²) in [6, 6.07) is 23.7. The number of rotatable bonds is 6. The van der Waals surface area contributed by atoms with Gasteiger partial charge in [0.15, 0.2) is 9.75 Å². The number of anilines is 3. The molecule has 4 aromatic carbocycles. The van der Waals surface area contributed by atoms with E-state index in [1.807, 2.05) is 49.3 Å². The fraction of sp³-hybridized carbons (Fsp3) is 0.256. The van der Waals surface area contributed by atoms with Crippen molar-refractivity contribution in [2.75, 3.05) is 28.8 Å². The van der Waals surface area contributed by atoms with E-state index in [1.165, 1.54) is 29.4 Å². The highest BCUT2D eigenvalue weighted by atomic mass is 35.5. The van der Waals surface area contributed by atoms with Gasteiger partial charge in [0.2, 0.25) is 11.8 Å². The van der Waals surface area contributed by atoms with E-state index in [0.29, 0.717) is 39.5 Å². The molecule has 57 heavy (non-hydrogen) atoms. The molecule has 0 radical (unpaired) electrons. The molecular formula is C43H34Cl2FN5O6. The summed E-state index contributed by atoms with van der Waals surface area (Å²) in [6.07, 6.45) is 3.44. The average molecular weight is 807 g/mol. The molecule has 288 valence electrons. The predicted octanol–water partition coefficient (Wildman–Crippen LogP) is 8.13. The zero-order chi connectivity index (χ0) is 40.0. The maximum absolute atomic E-state index is 14.7. The smallest absolute Gasteiger partial charge is 0.258 e. The molecule has 1 saturated carbocycles. The van der Waals surface area contributed by atoms with Gasteiger partial charge in [0.1, 0.15) is 17.3 Å². The van der Waals surface area contributed by atoms with E-state index in [2.05, 4.69) is 10.2 Å². The molecule has 3 aliphatic heterocycles. The number of alkyl halides is 2. The lowest BCUT2D eigenvalue weighted by Crippen LogP contribution is -2.61. The number of allylic oxidation sites excluding steroid dienone is 3. The highest BCUT2D eigenvalue weighted by Gasteiger charge is 2.77. The maximum atomic E-state index is 14.7. The number of hydrogen-bond donors (Lipinski definition) is 1. The molecule has 0 spiro atoms. The fourth-order valence-corrected chi connectivity index (χ4v) is 10.0. The molecule has 2 aliphatic carbocycles. The fourth-order valence-electron chi connectivity index (χ4n) is 9.07. The lowest BCUT2D eigenvalue weighted by atomic mass is 9.56. The van der Waals surface area contributed by atoms with E-state index in [1.54, 1.807) is 36.4 Å². The Labute approximate surface area is 336 Å². The Hall–Kier alpha value is -5.85. The first kappa shape index (κ1) is 36.8. The number of aromatic hydroxyl groups is 1. The van der Waals surface area contributed by atoms with Crippen LogP contribution in [0, 0.1) is 29.5 Å². The number of hydrogen-bond acceptors (Lipinski definition) is 9. The number of fused-ring (bicyclic) bond motifs is 5. The zero-order valence-electron chi connectivity index (χ0n) is 30.6. The van der Waals surface area contributed by atoms with Crippen molar-refractivity contribution < 1.29 is 33.4 Å². The van der Waals surface area contributed by atoms with Crippen molar-refractivity contribution in [3.05, 3.63) is 126 Å². The molecule has 5 aliphatic rings. The average Bonchev–Trinajstić information content (AvgIpc) is 3.54. The van der Waals surface area contributed by atoms with Crippen LogP contribution in [-0.2, 0) is 25.6 Å². The normalized spacial score (nSPS) is 27.7. The van der Waals surface area contributed by atoms with Gasteiger partial charge in [-0.15, -0.1) is 23.2 Å². The summed E-state index contributed by atoms with van der Waals surface area (Å²) in [5, 5.41) is 18.9. The third-order valence-corrected chi connectivity index (χ3v) is 13.2. The van der Waals surface area contributed by atoms with Crippen LogP contribution in [0.1, 0.15) is 18.4 Å². The second-order valence-corrected chi connectivity index (χ2v) is 16.4. The molecule has 3 heterocycles. The largest absolute Gasteiger partial charge is 0.508 e. The number of azo groups is 1. The number of ether oxygens (including phenoxy) is 1. The molecule has 1 N–H and O–H groups in total. The van der Waals surface area contributed by atoms with Gasteiger partial charge >= 0.3 is 0 Å². The number of carbonyl (C=O) groups is 4. The second kappa shape index (κ2) is 13.4. The van der Waals surface area contributed by atoms with Gasteiger partial charge in [-0.3, -0.25) is 24.1 Å². The Morgan fingerprint density at radius 1 is 0.807 bits per heavy atom. The number of phenolic OH excluding ortho intramolecular Hbond substituents is 1. The molecule has 4 aromatic rings. The van der Waals surface area contributed by atoms with Crippen molar-refractivity contribution in [3.63, 3.8) is 0 Å². The van der Waals surface area contributed by atoms with Gasteiger partial charge in [-0.25, -0.2) is 9.29 Å². The minimum atomic E-state index is -2.11. The molecule has 4 amide bonds. The van der Waals surface area contributed by atoms with Gasteiger partial charge in [-0.1, -0.05) is 11.6 Å². The quantitative estimate of drug-likeness (QED) is 0.0901. The first-order valence-electron chi connectivity index (χ1n) is 18.4. The van der Waals surface area contributed by atoms with E-state index in [4.69, 9.17) is 27.9 Å². The van der Waals surface area contributed by atoms with Gasteiger partial charge < -0.3 is 14.7 Å². The van der Waals surface area contributed by atoms with E-state index in [0.717, 1.165) is 22.7 Å². The van der Waals surface area contributed by atoms with Gasteiger partial charge in [-0.2, -0.15) is 10.2 Å². The number of carbonyl (C=O) groups excluding carboxylic acids is 4. The zero-order valence-corrected chi connectivity index (χ0v) is 32.1. The van der Waals surface area contributed by atoms with Crippen LogP contribution in [0.5, 0.6) is 11.5 Å². The highest BCUT2D eigenvalue weighted by Crippen LogP contribution is 2.65. The number of nitrogens with zero attached hydrogens (tertiary/aromatic N) is 5. The predicted molar refractivity (Wildman–Crippen MR) is 212 cm³/mol. The standard InChI is InChI=1S/C43H34Cl2FN5O6/c1-49(2)28-11-5-26(6-12-28)47-48-27-7-13-29(14-8-27)50-38(53)33-17-16-32-34(36(33)39(50)54)21-42(44)40(55)51(30-9-3-25(46)4-10-30)41(56)43(42,45)37(32)24-19-23-20-31(52)15-18-35(23)57-22-24/h3-16,18,20,22,33-34,36-37,52H,17,19,21H2,1-2H3/t33-,34+,36-,37-,42+,43-/m0/s1. The van der Waals surface area contributed by atoms with Crippen LogP contribution in [0.4, 0.5) is 32.8 Å². The molecule has 0 unspecified atom stereocenters. The van der Waals surface area contributed by atoms with Gasteiger partial charge in [0, 0.05) is 37.7 Å². The van der Waals surface area contributed by atoms with Crippen molar-refractivity contribution in [1.82, 2.24) is 0 Å². The number of amides is 4. The van der Waals surface area contributed by atoms with Crippen LogP contribution in [-0.4, -0.2) is 52.6 Å². The summed E-state index contributed by atoms with van der Waals surface area (Å²) in [5.41, 5.74) is 4.34. The second-order valence-electron chi connectivity index (χ2n) is 15.2. The van der Waals surface area contributed by atoms with Crippen LogP contribution < -0.4 is 19.4 Å². The Kier molecular flexibility index (Phi) is 8.63. The Morgan fingerprint density at radius 3 is 2.11 bits per heavy atom. The van der Waals surface area contributed by atoms with Crippen LogP contribution in [0.25, 0.3) is 0 Å². The first-order chi connectivity index (χ1) is 27.3. The number of imide groups is 2. The Balaban J connectivity index is 1.07. The van der Waals surface area contributed by atoms with Gasteiger partial charge in [0.05, 0.1) is 40.8 Å². The van der Waals surface area contributed by atoms with Gasteiger partial charge in [-0.05, 0) is 115 Å². The van der Waals surface area contributed by atoms with Crippen molar-refractivity contribution in [3.8, 4) is 11.5 Å². The summed E-state index contributed by atoms with van der Waals surface area (Å²) in [4.78, 5) is 57.8. The van der Waals surface area contributed by atoms with Crippen LogP contribution in [0.15, 0.2) is 125 Å². The molecular weight excluding hydrogens is 772 g/mol.